The van der Waals surface area contributed by atoms with Crippen molar-refractivity contribution >= 4 is 33.3 Å². The Hall–Kier alpha value is -1.67. The van der Waals surface area contributed by atoms with E-state index in [0.29, 0.717) is 11.8 Å². The number of rotatable bonds is 5. The number of nitrogens with zero attached hydrogens (tertiary/aromatic N) is 4. The third-order valence-electron chi connectivity index (χ3n) is 5.86. The average molecular weight is 416 g/mol. The average Bonchev–Trinajstić information content (AvgIpc) is 3.33. The molecule has 2 aliphatic carbocycles. The molecule has 0 amide bonds. The second-order valence-corrected chi connectivity index (χ2v) is 10.5. The topological polar surface area (TPSA) is 76.5 Å². The first-order valence-corrected chi connectivity index (χ1v) is 11.9. The maximum absolute atomic E-state index is 12.9. The van der Waals surface area contributed by atoms with Gasteiger partial charge in [0, 0.05) is 17.3 Å². The molecule has 2 atom stereocenters. The summed E-state index contributed by atoms with van der Waals surface area (Å²) in [7, 11) is 0. The number of H-pyrrole nitrogens is 1. The fourth-order valence-electron chi connectivity index (χ4n) is 4.10. The zero-order valence-corrected chi connectivity index (χ0v) is 18.1. The second kappa shape index (κ2) is 6.99. The van der Waals surface area contributed by atoms with Gasteiger partial charge >= 0.3 is 0 Å². The summed E-state index contributed by atoms with van der Waals surface area (Å²) in [6.07, 6.45) is 5.65. The molecule has 0 unspecified atom stereocenters. The Kier molecular flexibility index (Phi) is 4.58. The van der Waals surface area contributed by atoms with E-state index in [2.05, 4.69) is 40.5 Å². The third-order valence-corrected chi connectivity index (χ3v) is 8.09. The minimum absolute atomic E-state index is 0.00938. The molecule has 3 aromatic rings. The quantitative estimate of drug-likeness (QED) is 0.623. The normalized spacial score (nSPS) is 20.5. The lowest BCUT2D eigenvalue weighted by molar-refractivity contribution is 0.509. The Labute approximate surface area is 172 Å². The standard InChI is InChI=1S/C20H25N5OS2/c1-4-25-17(12-6-7-12)23-24-20(25)27-11(3)16-21-18(26)15-13-8-5-10(2)9-14(13)28-19(15)22-16/h10-12H,4-9H2,1-3H3,(H,21,22,26)/t10-,11+/m0/s1. The predicted octanol–water partition coefficient (Wildman–Crippen LogP) is 4.45. The van der Waals surface area contributed by atoms with E-state index in [4.69, 9.17) is 4.98 Å². The fraction of sp³-hybridized carbons (Fsp3) is 0.600. The van der Waals surface area contributed by atoms with Gasteiger partial charge < -0.3 is 9.55 Å². The van der Waals surface area contributed by atoms with Crippen LogP contribution in [0, 0.1) is 5.92 Å². The number of hydrogen-bond acceptors (Lipinski definition) is 6. The Morgan fingerprint density at radius 2 is 2.14 bits per heavy atom. The van der Waals surface area contributed by atoms with Crippen LogP contribution in [-0.2, 0) is 19.4 Å². The van der Waals surface area contributed by atoms with Crippen LogP contribution in [0.25, 0.3) is 10.2 Å². The lowest BCUT2D eigenvalue weighted by Gasteiger charge is -2.17. The number of fused-ring (bicyclic) bond motifs is 3. The molecule has 8 heteroatoms. The Bertz CT molecular complexity index is 1090. The molecule has 0 aromatic carbocycles. The van der Waals surface area contributed by atoms with E-state index < -0.39 is 0 Å². The number of thiophene rings is 1. The van der Waals surface area contributed by atoms with Crippen LogP contribution in [-0.4, -0.2) is 24.7 Å². The molecule has 1 N–H and O–H groups in total. The van der Waals surface area contributed by atoms with Gasteiger partial charge in [0.25, 0.3) is 5.56 Å². The Balaban J connectivity index is 1.47. The molecule has 28 heavy (non-hydrogen) atoms. The summed E-state index contributed by atoms with van der Waals surface area (Å²) in [5.74, 6) is 3.10. The molecule has 3 heterocycles. The molecule has 1 fully saturated rings. The van der Waals surface area contributed by atoms with E-state index in [9.17, 15) is 4.79 Å². The van der Waals surface area contributed by atoms with Crippen LogP contribution in [0.2, 0.25) is 0 Å². The first kappa shape index (κ1) is 18.4. The second-order valence-electron chi connectivity index (χ2n) is 8.10. The van der Waals surface area contributed by atoms with Gasteiger partial charge in [-0.15, -0.1) is 21.5 Å². The summed E-state index contributed by atoms with van der Waals surface area (Å²) in [5.41, 5.74) is 1.24. The zero-order chi connectivity index (χ0) is 19.4. The molecule has 0 bridgehead atoms. The van der Waals surface area contributed by atoms with Crippen molar-refractivity contribution in [2.75, 3.05) is 0 Å². The highest BCUT2D eigenvalue weighted by Gasteiger charge is 2.31. The molecular weight excluding hydrogens is 390 g/mol. The van der Waals surface area contributed by atoms with Gasteiger partial charge in [0.1, 0.15) is 16.5 Å². The van der Waals surface area contributed by atoms with Crippen LogP contribution >= 0.6 is 23.1 Å². The molecule has 1 saturated carbocycles. The van der Waals surface area contributed by atoms with E-state index in [0.717, 1.165) is 52.8 Å². The fourth-order valence-corrected chi connectivity index (χ4v) is 6.47. The first-order valence-electron chi connectivity index (χ1n) is 10.2. The van der Waals surface area contributed by atoms with Crippen molar-refractivity contribution in [2.24, 2.45) is 5.92 Å². The highest BCUT2D eigenvalue weighted by molar-refractivity contribution is 7.99. The summed E-state index contributed by atoms with van der Waals surface area (Å²) in [6, 6.07) is 0. The van der Waals surface area contributed by atoms with Crippen LogP contribution < -0.4 is 5.56 Å². The predicted molar refractivity (Wildman–Crippen MR) is 113 cm³/mol. The van der Waals surface area contributed by atoms with E-state index >= 15 is 0 Å². The highest BCUT2D eigenvalue weighted by Crippen LogP contribution is 2.42. The van der Waals surface area contributed by atoms with Gasteiger partial charge in [-0.2, -0.15) is 0 Å². The van der Waals surface area contributed by atoms with Crippen molar-refractivity contribution in [3.8, 4) is 0 Å². The van der Waals surface area contributed by atoms with Crippen molar-refractivity contribution in [1.29, 1.82) is 0 Å². The Morgan fingerprint density at radius 1 is 1.32 bits per heavy atom. The van der Waals surface area contributed by atoms with Crippen LogP contribution in [0.1, 0.15) is 73.3 Å². The molecule has 0 aliphatic heterocycles. The molecule has 0 radical (unpaired) electrons. The van der Waals surface area contributed by atoms with Gasteiger partial charge in [0.05, 0.1) is 10.6 Å². The summed E-state index contributed by atoms with van der Waals surface area (Å²) < 4.78 is 2.21. The third kappa shape index (κ3) is 3.10. The molecule has 5 rings (SSSR count). The first-order chi connectivity index (χ1) is 13.5. The highest BCUT2D eigenvalue weighted by atomic mass is 32.2. The summed E-state index contributed by atoms with van der Waals surface area (Å²) in [6.45, 7) is 7.37. The minimum Gasteiger partial charge on any atom is -0.309 e. The number of nitrogens with one attached hydrogen (secondary N) is 1. The maximum atomic E-state index is 12.9. The molecule has 0 spiro atoms. The SMILES string of the molecule is CCn1c(S[C@H](C)c2nc3sc4c(c3c(=O)[nH]2)CC[C@H](C)C4)nnc1C1CC1. The van der Waals surface area contributed by atoms with Crippen LogP contribution in [0.4, 0.5) is 0 Å². The van der Waals surface area contributed by atoms with Gasteiger partial charge in [0.15, 0.2) is 5.16 Å². The van der Waals surface area contributed by atoms with Crippen LogP contribution in [0.5, 0.6) is 0 Å². The van der Waals surface area contributed by atoms with Crippen LogP contribution in [0.15, 0.2) is 9.95 Å². The lowest BCUT2D eigenvalue weighted by Crippen LogP contribution is -2.15. The number of aryl methyl sites for hydroxylation is 1. The number of aromatic amines is 1. The number of thioether (sulfide) groups is 1. The largest absolute Gasteiger partial charge is 0.309 e. The van der Waals surface area contributed by atoms with Crippen molar-refractivity contribution in [2.45, 2.75) is 75.7 Å². The zero-order valence-electron chi connectivity index (χ0n) is 16.5. The van der Waals surface area contributed by atoms with Gasteiger partial charge in [-0.1, -0.05) is 18.7 Å². The number of aromatic nitrogens is 5. The Morgan fingerprint density at radius 3 is 2.89 bits per heavy atom. The summed E-state index contributed by atoms with van der Waals surface area (Å²) in [4.78, 5) is 23.0. The van der Waals surface area contributed by atoms with Crippen molar-refractivity contribution in [3.05, 3.63) is 32.4 Å². The number of hydrogen-bond donors (Lipinski definition) is 1. The molecule has 148 valence electrons. The van der Waals surface area contributed by atoms with Crippen LogP contribution in [0.3, 0.4) is 0 Å². The van der Waals surface area contributed by atoms with Gasteiger partial charge in [-0.3, -0.25) is 4.79 Å². The van der Waals surface area contributed by atoms with Gasteiger partial charge in [0.2, 0.25) is 0 Å². The minimum atomic E-state index is 0.00938. The van der Waals surface area contributed by atoms with Gasteiger partial charge in [-0.25, -0.2) is 4.98 Å². The van der Waals surface area contributed by atoms with E-state index in [-0.39, 0.29) is 10.8 Å². The van der Waals surface area contributed by atoms with Crippen molar-refractivity contribution in [3.63, 3.8) is 0 Å². The van der Waals surface area contributed by atoms with E-state index in [1.165, 1.54) is 23.3 Å². The maximum Gasteiger partial charge on any atom is 0.259 e. The molecule has 3 aromatic heterocycles. The molecule has 0 saturated heterocycles. The summed E-state index contributed by atoms with van der Waals surface area (Å²) >= 11 is 3.33. The summed E-state index contributed by atoms with van der Waals surface area (Å²) in [5, 5.41) is 10.6. The smallest absolute Gasteiger partial charge is 0.259 e. The van der Waals surface area contributed by atoms with E-state index in [1.54, 1.807) is 23.1 Å². The van der Waals surface area contributed by atoms with Crippen molar-refractivity contribution < 1.29 is 0 Å². The van der Waals surface area contributed by atoms with Gasteiger partial charge in [-0.05, 0) is 57.4 Å². The monoisotopic (exact) mass is 415 g/mol. The lowest BCUT2D eigenvalue weighted by atomic mass is 9.89. The molecule has 2 aliphatic rings. The molecular formula is C20H25N5OS2. The van der Waals surface area contributed by atoms with E-state index in [1.807, 2.05) is 0 Å². The van der Waals surface area contributed by atoms with Crippen molar-refractivity contribution in [1.82, 2.24) is 24.7 Å². The molecule has 6 nitrogen and oxygen atoms in total.